The molecular formula is C20H21FN4O2S. The summed E-state index contributed by atoms with van der Waals surface area (Å²) in [5.41, 5.74) is 2.80. The van der Waals surface area contributed by atoms with Gasteiger partial charge < -0.3 is 14.2 Å². The fraction of sp³-hybridized carbons (Fsp3) is 0.250. The van der Waals surface area contributed by atoms with Gasteiger partial charge in [-0.15, -0.1) is 10.2 Å². The number of carbonyl (C=O) groups is 1. The van der Waals surface area contributed by atoms with Crippen LogP contribution in [-0.4, -0.2) is 47.9 Å². The predicted molar refractivity (Wildman–Crippen MR) is 108 cm³/mol. The van der Waals surface area contributed by atoms with Crippen molar-refractivity contribution in [2.45, 2.75) is 11.8 Å². The number of hydrogen-bond donors (Lipinski definition) is 0. The van der Waals surface area contributed by atoms with Crippen molar-refractivity contribution in [3.8, 4) is 11.5 Å². The zero-order chi connectivity index (χ0) is 20.1. The van der Waals surface area contributed by atoms with Crippen molar-refractivity contribution in [1.29, 1.82) is 0 Å². The Bertz CT molecular complexity index is 926. The van der Waals surface area contributed by atoms with Crippen molar-refractivity contribution >= 4 is 23.4 Å². The topological polar surface area (TPSA) is 62.5 Å². The molecule has 0 saturated heterocycles. The lowest BCUT2D eigenvalue weighted by atomic mass is 10.2. The summed E-state index contributed by atoms with van der Waals surface area (Å²) in [7, 11) is 5.74. The summed E-state index contributed by atoms with van der Waals surface area (Å²) in [6, 6.07) is 13.9. The molecule has 0 fully saturated rings. The quantitative estimate of drug-likeness (QED) is 0.564. The molecule has 0 saturated carbocycles. The van der Waals surface area contributed by atoms with Crippen molar-refractivity contribution in [2.24, 2.45) is 0 Å². The molecule has 1 heterocycles. The molecule has 8 heteroatoms. The summed E-state index contributed by atoms with van der Waals surface area (Å²) < 4.78 is 18.5. The van der Waals surface area contributed by atoms with E-state index in [0.29, 0.717) is 23.2 Å². The first-order valence-electron chi connectivity index (χ1n) is 8.65. The van der Waals surface area contributed by atoms with Crippen LogP contribution >= 0.6 is 11.8 Å². The van der Waals surface area contributed by atoms with Gasteiger partial charge in [-0.1, -0.05) is 23.9 Å². The van der Waals surface area contributed by atoms with Gasteiger partial charge in [0.1, 0.15) is 5.82 Å². The van der Waals surface area contributed by atoms with Gasteiger partial charge in [-0.05, 0) is 42.0 Å². The molecule has 1 aromatic heterocycles. The van der Waals surface area contributed by atoms with Crippen molar-refractivity contribution in [2.75, 3.05) is 31.8 Å². The Labute approximate surface area is 167 Å². The average molecular weight is 400 g/mol. The molecule has 0 N–H and O–H groups in total. The van der Waals surface area contributed by atoms with Crippen LogP contribution in [0.2, 0.25) is 0 Å². The number of nitrogens with zero attached hydrogens (tertiary/aromatic N) is 4. The molecule has 0 spiro atoms. The Morgan fingerprint density at radius 2 is 1.71 bits per heavy atom. The first-order chi connectivity index (χ1) is 13.4. The Hall–Kier alpha value is -2.87. The zero-order valence-electron chi connectivity index (χ0n) is 15.9. The van der Waals surface area contributed by atoms with E-state index in [0.717, 1.165) is 11.3 Å². The fourth-order valence-electron chi connectivity index (χ4n) is 2.47. The first-order valence-corrected chi connectivity index (χ1v) is 9.63. The number of hydrogen-bond acceptors (Lipinski definition) is 6. The van der Waals surface area contributed by atoms with Gasteiger partial charge in [0.2, 0.25) is 11.8 Å². The molecule has 3 rings (SSSR count). The minimum Gasteiger partial charge on any atom is -0.411 e. The Morgan fingerprint density at radius 3 is 2.36 bits per heavy atom. The number of halogens is 1. The molecular weight excluding hydrogens is 379 g/mol. The van der Waals surface area contributed by atoms with E-state index < -0.39 is 0 Å². The molecule has 2 aromatic carbocycles. The van der Waals surface area contributed by atoms with Gasteiger partial charge in [-0.3, -0.25) is 4.79 Å². The number of aromatic nitrogens is 2. The highest BCUT2D eigenvalue weighted by Gasteiger charge is 2.14. The highest BCUT2D eigenvalue weighted by molar-refractivity contribution is 7.99. The van der Waals surface area contributed by atoms with Gasteiger partial charge in [-0.2, -0.15) is 0 Å². The van der Waals surface area contributed by atoms with Crippen LogP contribution in [0, 0.1) is 5.82 Å². The first kappa shape index (κ1) is 19.9. The van der Waals surface area contributed by atoms with E-state index in [4.69, 9.17) is 4.42 Å². The van der Waals surface area contributed by atoms with E-state index in [1.54, 1.807) is 24.1 Å². The highest BCUT2D eigenvalue weighted by atomic mass is 32.2. The third-order valence-corrected chi connectivity index (χ3v) is 4.92. The van der Waals surface area contributed by atoms with E-state index >= 15 is 0 Å². The molecule has 6 nitrogen and oxygen atoms in total. The van der Waals surface area contributed by atoms with Gasteiger partial charge in [0.25, 0.3) is 5.22 Å². The fourth-order valence-corrected chi connectivity index (χ4v) is 3.18. The van der Waals surface area contributed by atoms with E-state index in [1.165, 1.54) is 23.9 Å². The maximum Gasteiger partial charge on any atom is 0.277 e. The lowest BCUT2D eigenvalue weighted by Gasteiger charge is -2.18. The third-order valence-electron chi connectivity index (χ3n) is 4.11. The van der Waals surface area contributed by atoms with Gasteiger partial charge in [0.05, 0.1) is 5.75 Å². The summed E-state index contributed by atoms with van der Waals surface area (Å²) in [6.45, 7) is 0.526. The van der Waals surface area contributed by atoms with Gasteiger partial charge in [0, 0.05) is 38.9 Å². The van der Waals surface area contributed by atoms with Crippen LogP contribution in [0.1, 0.15) is 5.56 Å². The van der Waals surface area contributed by atoms with E-state index in [9.17, 15) is 9.18 Å². The second kappa shape index (κ2) is 8.88. The monoisotopic (exact) mass is 400 g/mol. The zero-order valence-corrected chi connectivity index (χ0v) is 16.7. The summed E-state index contributed by atoms with van der Waals surface area (Å²) in [5.74, 6) is 0.118. The molecule has 0 aliphatic rings. The summed E-state index contributed by atoms with van der Waals surface area (Å²) in [4.78, 5) is 16.1. The lowest BCUT2D eigenvalue weighted by molar-refractivity contribution is -0.127. The van der Waals surface area contributed by atoms with Crippen LogP contribution in [-0.2, 0) is 11.3 Å². The second-order valence-corrected chi connectivity index (χ2v) is 7.41. The number of benzene rings is 2. The standard InChI is InChI=1S/C20H21FN4O2S/c1-24(2)17-10-4-14(5-11-17)12-25(3)18(26)13-28-20-23-22-19(27-20)15-6-8-16(21)9-7-15/h4-11H,12-13H2,1-3H3. The van der Waals surface area contributed by atoms with Crippen molar-refractivity contribution in [3.05, 3.63) is 59.9 Å². The number of carbonyl (C=O) groups excluding carboxylic acids is 1. The molecule has 0 aliphatic carbocycles. The van der Waals surface area contributed by atoms with E-state index in [-0.39, 0.29) is 17.5 Å². The van der Waals surface area contributed by atoms with Crippen molar-refractivity contribution < 1.29 is 13.6 Å². The Kier molecular flexibility index (Phi) is 6.30. The maximum atomic E-state index is 13.0. The number of anilines is 1. The molecule has 146 valence electrons. The van der Waals surface area contributed by atoms with Crippen LogP contribution < -0.4 is 4.90 Å². The normalized spacial score (nSPS) is 10.7. The molecule has 0 atom stereocenters. The number of rotatable bonds is 7. The van der Waals surface area contributed by atoms with Crippen LogP contribution in [0.15, 0.2) is 58.2 Å². The Morgan fingerprint density at radius 1 is 1.04 bits per heavy atom. The van der Waals surface area contributed by atoms with E-state index in [1.807, 2.05) is 43.3 Å². The predicted octanol–water partition coefficient (Wildman–Crippen LogP) is 3.69. The number of amides is 1. The average Bonchev–Trinajstić information content (AvgIpc) is 3.16. The smallest absolute Gasteiger partial charge is 0.277 e. The van der Waals surface area contributed by atoms with Gasteiger partial charge >= 0.3 is 0 Å². The molecule has 28 heavy (non-hydrogen) atoms. The molecule has 1 amide bonds. The van der Waals surface area contributed by atoms with E-state index in [2.05, 4.69) is 10.2 Å². The van der Waals surface area contributed by atoms with Gasteiger partial charge in [0.15, 0.2) is 0 Å². The minimum absolute atomic E-state index is 0.0387. The lowest BCUT2D eigenvalue weighted by Crippen LogP contribution is -2.27. The molecule has 3 aromatic rings. The molecule has 0 bridgehead atoms. The van der Waals surface area contributed by atoms with Crippen LogP contribution in [0.25, 0.3) is 11.5 Å². The second-order valence-electron chi connectivity index (χ2n) is 6.48. The summed E-state index contributed by atoms with van der Waals surface area (Å²) >= 11 is 1.18. The van der Waals surface area contributed by atoms with Crippen molar-refractivity contribution in [1.82, 2.24) is 15.1 Å². The Balaban J connectivity index is 1.52. The van der Waals surface area contributed by atoms with Crippen LogP contribution in [0.5, 0.6) is 0 Å². The third kappa shape index (κ3) is 5.10. The van der Waals surface area contributed by atoms with Crippen molar-refractivity contribution in [3.63, 3.8) is 0 Å². The largest absolute Gasteiger partial charge is 0.411 e. The SMILES string of the molecule is CN(Cc1ccc(N(C)C)cc1)C(=O)CSc1nnc(-c2ccc(F)cc2)o1. The van der Waals surface area contributed by atoms with Crippen LogP contribution in [0.4, 0.5) is 10.1 Å². The summed E-state index contributed by atoms with van der Waals surface area (Å²) in [5, 5.41) is 8.18. The highest BCUT2D eigenvalue weighted by Crippen LogP contribution is 2.23. The molecule has 0 unspecified atom stereocenters. The minimum atomic E-state index is -0.331. The van der Waals surface area contributed by atoms with Crippen LogP contribution in [0.3, 0.4) is 0 Å². The summed E-state index contributed by atoms with van der Waals surface area (Å²) in [6.07, 6.45) is 0. The molecule has 0 aliphatic heterocycles. The maximum absolute atomic E-state index is 13.0. The number of thioether (sulfide) groups is 1. The van der Waals surface area contributed by atoms with Gasteiger partial charge in [-0.25, -0.2) is 4.39 Å². The molecule has 0 radical (unpaired) electrons.